The van der Waals surface area contributed by atoms with Gasteiger partial charge >= 0.3 is 11.7 Å². The molecule has 7 heteroatoms. The summed E-state index contributed by atoms with van der Waals surface area (Å²) < 4.78 is 18.2. The summed E-state index contributed by atoms with van der Waals surface area (Å²) in [7, 11) is 0. The molecule has 0 saturated heterocycles. The minimum Gasteiger partial charge on any atom is -0.421 e. The van der Waals surface area contributed by atoms with Gasteiger partial charge in [0.15, 0.2) is 5.69 Å². The first-order valence-corrected chi connectivity index (χ1v) is 8.17. The van der Waals surface area contributed by atoms with Crippen LogP contribution in [-0.4, -0.2) is 12.6 Å². The Hall–Kier alpha value is -3.35. The molecule has 6 nitrogen and oxygen atoms in total. The van der Waals surface area contributed by atoms with Gasteiger partial charge in [-0.05, 0) is 36.8 Å². The summed E-state index contributed by atoms with van der Waals surface area (Å²) in [5.74, 6) is -0.345. The number of benzene rings is 2. The van der Waals surface area contributed by atoms with E-state index in [0.29, 0.717) is 23.2 Å². The second-order valence-electron chi connectivity index (χ2n) is 5.60. The van der Waals surface area contributed by atoms with Gasteiger partial charge in [-0.2, -0.15) is 0 Å². The molecular weight excluding hydrogens is 337 g/mol. The lowest BCUT2D eigenvalue weighted by atomic mass is 10.2. The number of carbonyl (C=O) groups is 1. The van der Waals surface area contributed by atoms with Crippen LogP contribution in [0.2, 0.25) is 0 Å². The number of para-hydroxylation sites is 1. The number of hydrogen-bond donors (Lipinski definition) is 3. The van der Waals surface area contributed by atoms with Crippen molar-refractivity contribution in [2.45, 2.75) is 13.5 Å². The highest BCUT2D eigenvalue weighted by molar-refractivity contribution is 6.01. The van der Waals surface area contributed by atoms with Crippen molar-refractivity contribution in [1.29, 1.82) is 0 Å². The Labute approximate surface area is 149 Å². The Bertz CT molecular complexity index is 983. The Kier molecular flexibility index (Phi) is 5.17. The number of hydrogen-bond acceptors (Lipinski definition) is 4. The molecule has 0 unspecified atom stereocenters. The molecule has 2 amide bonds. The van der Waals surface area contributed by atoms with E-state index >= 15 is 0 Å². The molecule has 0 atom stereocenters. The van der Waals surface area contributed by atoms with Gasteiger partial charge < -0.3 is 15.1 Å². The van der Waals surface area contributed by atoms with Crippen molar-refractivity contribution in [1.82, 2.24) is 5.32 Å². The molecule has 0 spiro atoms. The molecule has 0 saturated carbocycles. The summed E-state index contributed by atoms with van der Waals surface area (Å²) in [5.41, 5.74) is 1.08. The molecule has 0 aliphatic rings. The van der Waals surface area contributed by atoms with E-state index in [4.69, 9.17) is 4.42 Å². The third-order valence-electron chi connectivity index (χ3n) is 3.77. The van der Waals surface area contributed by atoms with Crippen LogP contribution in [0.1, 0.15) is 12.5 Å². The van der Waals surface area contributed by atoms with Crippen LogP contribution in [0.25, 0.3) is 11.0 Å². The highest BCUT2D eigenvalue weighted by Crippen LogP contribution is 2.28. The normalized spacial score (nSPS) is 10.5. The quantitative estimate of drug-likeness (QED) is 0.610. The van der Waals surface area contributed by atoms with E-state index in [1.807, 2.05) is 13.0 Å². The topological polar surface area (TPSA) is 83.4 Å². The van der Waals surface area contributed by atoms with Gasteiger partial charge in [-0.25, -0.2) is 14.0 Å². The molecule has 3 N–H and O–H groups in total. The van der Waals surface area contributed by atoms with Crippen LogP contribution in [0.4, 0.5) is 20.6 Å². The van der Waals surface area contributed by atoms with E-state index < -0.39 is 11.7 Å². The number of carbonyl (C=O) groups excluding carboxylic acids is 1. The van der Waals surface area contributed by atoms with Gasteiger partial charge in [0.2, 0.25) is 0 Å². The van der Waals surface area contributed by atoms with Crippen LogP contribution >= 0.6 is 0 Å². The fourth-order valence-corrected chi connectivity index (χ4v) is 2.57. The fourth-order valence-electron chi connectivity index (χ4n) is 2.57. The lowest BCUT2D eigenvalue weighted by Gasteiger charge is -2.13. The van der Waals surface area contributed by atoms with Crippen molar-refractivity contribution in [3.8, 4) is 0 Å². The van der Waals surface area contributed by atoms with E-state index in [1.165, 1.54) is 12.1 Å². The second-order valence-corrected chi connectivity index (χ2v) is 5.60. The van der Waals surface area contributed by atoms with E-state index in [-0.39, 0.29) is 18.0 Å². The molecule has 2 aromatic carbocycles. The zero-order chi connectivity index (χ0) is 18.5. The number of urea groups is 1. The molecule has 26 heavy (non-hydrogen) atoms. The number of rotatable bonds is 5. The molecule has 1 heterocycles. The van der Waals surface area contributed by atoms with Gasteiger partial charge in [-0.1, -0.05) is 24.3 Å². The maximum absolute atomic E-state index is 12.9. The van der Waals surface area contributed by atoms with Crippen LogP contribution < -0.4 is 21.6 Å². The van der Waals surface area contributed by atoms with E-state index in [1.54, 1.807) is 30.3 Å². The summed E-state index contributed by atoms with van der Waals surface area (Å²) in [5, 5.41) is 8.97. The first kappa shape index (κ1) is 17.5. The van der Waals surface area contributed by atoms with Crippen LogP contribution in [-0.2, 0) is 6.54 Å². The van der Waals surface area contributed by atoms with E-state index in [0.717, 1.165) is 5.56 Å². The molecule has 134 valence electrons. The third-order valence-corrected chi connectivity index (χ3v) is 3.77. The number of anilines is 2. The minimum atomic E-state index is -0.642. The van der Waals surface area contributed by atoms with Gasteiger partial charge in [0, 0.05) is 18.5 Å². The van der Waals surface area contributed by atoms with Gasteiger partial charge in [0.05, 0.1) is 5.69 Å². The van der Waals surface area contributed by atoms with Crippen molar-refractivity contribution in [2.75, 3.05) is 17.2 Å². The average molecular weight is 355 g/mol. The predicted molar refractivity (Wildman–Crippen MR) is 98.9 cm³/mol. The molecule has 1 aromatic heterocycles. The lowest BCUT2D eigenvalue weighted by Crippen LogP contribution is -2.30. The van der Waals surface area contributed by atoms with Crippen LogP contribution in [0.3, 0.4) is 0 Å². The predicted octanol–water partition coefficient (Wildman–Crippen LogP) is 3.69. The molecule has 0 fully saturated rings. The zero-order valence-corrected chi connectivity index (χ0v) is 14.1. The second kappa shape index (κ2) is 7.69. The lowest BCUT2D eigenvalue weighted by molar-refractivity contribution is 0.251. The van der Waals surface area contributed by atoms with Crippen molar-refractivity contribution < 1.29 is 13.6 Å². The van der Waals surface area contributed by atoms with Gasteiger partial charge in [-0.3, -0.25) is 5.32 Å². The van der Waals surface area contributed by atoms with Crippen molar-refractivity contribution >= 4 is 28.4 Å². The smallest absolute Gasteiger partial charge is 0.362 e. The first-order valence-electron chi connectivity index (χ1n) is 8.17. The Balaban J connectivity index is 1.81. The standard InChI is InChI=1S/C19H18FN3O3/c1-2-21-16-14-5-3-4-6-15(14)26-18(24)17(16)23-19(25)22-11-12-7-9-13(20)10-8-12/h3-10,21H,2,11H2,1H3,(H2,22,23,25). The molecule has 0 bridgehead atoms. The number of amides is 2. The average Bonchev–Trinajstić information content (AvgIpc) is 2.64. The molecule has 0 aliphatic carbocycles. The summed E-state index contributed by atoms with van der Waals surface area (Å²) in [6, 6.07) is 12.3. The SMILES string of the molecule is CCNc1c(NC(=O)NCc2ccc(F)cc2)c(=O)oc2ccccc12. The van der Waals surface area contributed by atoms with Gasteiger partial charge in [0.25, 0.3) is 0 Å². The molecule has 3 rings (SSSR count). The third kappa shape index (κ3) is 3.83. The van der Waals surface area contributed by atoms with Crippen molar-refractivity contribution in [2.24, 2.45) is 0 Å². The summed E-state index contributed by atoms with van der Waals surface area (Å²) in [6.45, 7) is 2.66. The van der Waals surface area contributed by atoms with Crippen molar-refractivity contribution in [3.63, 3.8) is 0 Å². The summed E-state index contributed by atoms with van der Waals surface area (Å²) >= 11 is 0. The van der Waals surface area contributed by atoms with Crippen LogP contribution in [0, 0.1) is 5.82 Å². The van der Waals surface area contributed by atoms with E-state index in [2.05, 4.69) is 16.0 Å². The van der Waals surface area contributed by atoms with Gasteiger partial charge in [-0.15, -0.1) is 0 Å². The van der Waals surface area contributed by atoms with Crippen LogP contribution in [0.15, 0.2) is 57.7 Å². The first-order chi connectivity index (χ1) is 12.6. The minimum absolute atomic E-state index is 0.0437. The fraction of sp³-hybridized carbons (Fsp3) is 0.158. The Morgan fingerprint density at radius 2 is 1.81 bits per heavy atom. The molecular formula is C19H18FN3O3. The number of nitrogens with one attached hydrogen (secondary N) is 3. The molecule has 0 aliphatic heterocycles. The number of fused-ring (bicyclic) bond motifs is 1. The zero-order valence-electron chi connectivity index (χ0n) is 14.1. The van der Waals surface area contributed by atoms with Crippen molar-refractivity contribution in [3.05, 3.63) is 70.3 Å². The molecule has 3 aromatic rings. The summed E-state index contributed by atoms with van der Waals surface area (Å²) in [6.07, 6.45) is 0. The Morgan fingerprint density at radius 1 is 1.08 bits per heavy atom. The highest BCUT2D eigenvalue weighted by Gasteiger charge is 2.16. The maximum Gasteiger partial charge on any atom is 0.362 e. The highest BCUT2D eigenvalue weighted by atomic mass is 19.1. The largest absolute Gasteiger partial charge is 0.421 e. The summed E-state index contributed by atoms with van der Waals surface area (Å²) in [4.78, 5) is 24.5. The Morgan fingerprint density at radius 3 is 2.54 bits per heavy atom. The maximum atomic E-state index is 12.9. The monoisotopic (exact) mass is 355 g/mol. The number of halogens is 1. The van der Waals surface area contributed by atoms with Gasteiger partial charge in [0.1, 0.15) is 11.4 Å². The van der Waals surface area contributed by atoms with E-state index in [9.17, 15) is 14.0 Å². The van der Waals surface area contributed by atoms with Crippen LogP contribution in [0.5, 0.6) is 0 Å². The molecule has 0 radical (unpaired) electrons.